The predicted molar refractivity (Wildman–Crippen MR) is 74.8 cm³/mol. The summed E-state index contributed by atoms with van der Waals surface area (Å²) >= 11 is 5.85. The molecule has 1 aromatic carbocycles. The summed E-state index contributed by atoms with van der Waals surface area (Å²) in [5, 5.41) is 0.683. The number of hydrogen-bond acceptors (Lipinski definition) is 2. The molecule has 2 rings (SSSR count). The molecule has 3 nitrogen and oxygen atoms in total. The average Bonchev–Trinajstić information content (AvgIpc) is 2.74. The second kappa shape index (κ2) is 5.44. The Morgan fingerprint density at radius 1 is 1.22 bits per heavy atom. The summed E-state index contributed by atoms with van der Waals surface area (Å²) in [6.45, 7) is 6.68. The molecular weight excluding hydrogens is 248 g/mol. The summed E-state index contributed by atoms with van der Waals surface area (Å²) in [4.78, 5) is 16.0. The maximum atomic E-state index is 12.0. The lowest BCUT2D eigenvalue weighted by Gasteiger charge is -2.24. The smallest absolute Gasteiger partial charge is 0.253 e. The van der Waals surface area contributed by atoms with E-state index in [-0.39, 0.29) is 5.91 Å². The minimum Gasteiger partial charge on any atom is -0.374 e. The van der Waals surface area contributed by atoms with Gasteiger partial charge in [0, 0.05) is 35.6 Å². The van der Waals surface area contributed by atoms with E-state index in [0.717, 1.165) is 24.5 Å². The number of likely N-dealkylation sites (N-methyl/N-ethyl adjacent to an activating group) is 1. The molecule has 1 aliphatic heterocycles. The van der Waals surface area contributed by atoms with E-state index in [2.05, 4.69) is 18.7 Å². The molecule has 18 heavy (non-hydrogen) atoms. The van der Waals surface area contributed by atoms with Crippen molar-refractivity contribution in [3.05, 3.63) is 41.1 Å². The largest absolute Gasteiger partial charge is 0.374 e. The molecule has 1 aliphatic rings. The lowest BCUT2D eigenvalue weighted by molar-refractivity contribution is -0.113. The first kappa shape index (κ1) is 13.0. The van der Waals surface area contributed by atoms with Gasteiger partial charge in [0.2, 0.25) is 0 Å². The zero-order chi connectivity index (χ0) is 13.1. The maximum absolute atomic E-state index is 12.0. The van der Waals surface area contributed by atoms with Crippen molar-refractivity contribution in [1.29, 1.82) is 0 Å². The molecule has 0 N–H and O–H groups in total. The molecular formula is C14H17ClN2O. The molecule has 1 heterocycles. The quantitative estimate of drug-likeness (QED) is 0.835. The molecule has 0 spiro atoms. The fraction of sp³-hybridized carbons (Fsp3) is 0.357. The Labute approximate surface area is 113 Å². The van der Waals surface area contributed by atoms with Gasteiger partial charge in [-0.2, -0.15) is 0 Å². The van der Waals surface area contributed by atoms with Gasteiger partial charge in [0.05, 0.1) is 6.54 Å². The topological polar surface area (TPSA) is 23.6 Å². The van der Waals surface area contributed by atoms with Crippen LogP contribution in [0.2, 0.25) is 5.02 Å². The van der Waals surface area contributed by atoms with E-state index in [1.54, 1.807) is 23.1 Å². The van der Waals surface area contributed by atoms with Crippen molar-refractivity contribution in [3.63, 3.8) is 0 Å². The Kier molecular flexibility index (Phi) is 3.92. The summed E-state index contributed by atoms with van der Waals surface area (Å²) in [5.41, 5.74) is 1.97. The summed E-state index contributed by atoms with van der Waals surface area (Å²) < 4.78 is 0. The molecule has 0 aliphatic carbocycles. The molecule has 0 aromatic heterocycles. The normalized spacial score (nSPS) is 14.9. The van der Waals surface area contributed by atoms with Gasteiger partial charge in [-0.15, -0.1) is 0 Å². The van der Waals surface area contributed by atoms with Crippen molar-refractivity contribution in [2.75, 3.05) is 24.5 Å². The SMILES string of the molecule is CCN(CC)C1=CC(=O)N(c2ccc(Cl)cc2)C1. The lowest BCUT2D eigenvalue weighted by Crippen LogP contribution is -2.29. The van der Waals surface area contributed by atoms with Crippen LogP contribution in [0.4, 0.5) is 5.69 Å². The van der Waals surface area contributed by atoms with Gasteiger partial charge >= 0.3 is 0 Å². The molecule has 0 bridgehead atoms. The first-order valence-corrected chi connectivity index (χ1v) is 6.56. The minimum absolute atomic E-state index is 0.0409. The second-order valence-electron chi connectivity index (χ2n) is 4.21. The number of carbonyl (C=O) groups excluding carboxylic acids is 1. The summed E-state index contributed by atoms with van der Waals surface area (Å²) in [7, 11) is 0. The van der Waals surface area contributed by atoms with Crippen LogP contribution in [-0.2, 0) is 4.79 Å². The third kappa shape index (κ3) is 2.51. The standard InChI is InChI=1S/C14H17ClN2O/c1-3-16(4-2)13-9-14(18)17(10-13)12-7-5-11(15)6-8-12/h5-9H,3-4,10H2,1-2H3. The minimum atomic E-state index is 0.0409. The highest BCUT2D eigenvalue weighted by Gasteiger charge is 2.25. The highest BCUT2D eigenvalue weighted by Crippen LogP contribution is 2.24. The maximum Gasteiger partial charge on any atom is 0.253 e. The number of nitrogens with zero attached hydrogens (tertiary/aromatic N) is 2. The number of hydrogen-bond donors (Lipinski definition) is 0. The summed E-state index contributed by atoms with van der Waals surface area (Å²) in [6.07, 6.45) is 1.72. The van der Waals surface area contributed by atoms with Crippen LogP contribution < -0.4 is 4.90 Å². The van der Waals surface area contributed by atoms with E-state index in [9.17, 15) is 4.79 Å². The van der Waals surface area contributed by atoms with Crippen molar-refractivity contribution in [3.8, 4) is 0 Å². The van der Waals surface area contributed by atoms with E-state index in [1.807, 2.05) is 12.1 Å². The molecule has 1 amide bonds. The lowest BCUT2D eigenvalue weighted by atomic mass is 10.3. The average molecular weight is 265 g/mol. The van der Waals surface area contributed by atoms with E-state index in [4.69, 9.17) is 11.6 Å². The highest BCUT2D eigenvalue weighted by molar-refractivity contribution is 6.30. The van der Waals surface area contributed by atoms with Crippen LogP contribution in [0, 0.1) is 0 Å². The van der Waals surface area contributed by atoms with Crippen molar-refractivity contribution in [1.82, 2.24) is 4.90 Å². The van der Waals surface area contributed by atoms with Gasteiger partial charge < -0.3 is 9.80 Å². The van der Waals surface area contributed by atoms with Crippen LogP contribution in [0.3, 0.4) is 0 Å². The molecule has 0 saturated heterocycles. The Morgan fingerprint density at radius 2 is 1.83 bits per heavy atom. The van der Waals surface area contributed by atoms with E-state index in [1.165, 1.54) is 0 Å². The van der Waals surface area contributed by atoms with Crippen molar-refractivity contribution in [2.24, 2.45) is 0 Å². The van der Waals surface area contributed by atoms with E-state index < -0.39 is 0 Å². The van der Waals surface area contributed by atoms with Gasteiger partial charge in [-0.25, -0.2) is 0 Å². The van der Waals surface area contributed by atoms with Crippen LogP contribution in [0.5, 0.6) is 0 Å². The third-order valence-electron chi connectivity index (χ3n) is 3.18. The number of anilines is 1. The Bertz CT molecular complexity index is 463. The van der Waals surface area contributed by atoms with Gasteiger partial charge in [-0.05, 0) is 38.1 Å². The molecule has 0 fully saturated rings. The molecule has 0 atom stereocenters. The second-order valence-corrected chi connectivity index (χ2v) is 4.65. The van der Waals surface area contributed by atoms with Crippen molar-refractivity contribution >= 4 is 23.2 Å². The zero-order valence-electron chi connectivity index (χ0n) is 10.7. The van der Waals surface area contributed by atoms with Gasteiger partial charge in [0.25, 0.3) is 5.91 Å². The Hall–Kier alpha value is -1.48. The molecule has 1 aromatic rings. The summed E-state index contributed by atoms with van der Waals surface area (Å²) in [6, 6.07) is 7.36. The number of halogens is 1. The Morgan fingerprint density at radius 3 is 2.39 bits per heavy atom. The fourth-order valence-corrected chi connectivity index (χ4v) is 2.29. The van der Waals surface area contributed by atoms with E-state index >= 15 is 0 Å². The molecule has 4 heteroatoms. The van der Waals surface area contributed by atoms with Crippen LogP contribution in [0.15, 0.2) is 36.0 Å². The van der Waals surface area contributed by atoms with Crippen LogP contribution >= 0.6 is 11.6 Å². The number of amides is 1. The van der Waals surface area contributed by atoms with Gasteiger partial charge in [0.15, 0.2) is 0 Å². The van der Waals surface area contributed by atoms with Crippen LogP contribution in [0.1, 0.15) is 13.8 Å². The van der Waals surface area contributed by atoms with Gasteiger partial charge in [-0.3, -0.25) is 4.79 Å². The van der Waals surface area contributed by atoms with Crippen molar-refractivity contribution in [2.45, 2.75) is 13.8 Å². The third-order valence-corrected chi connectivity index (χ3v) is 3.44. The summed E-state index contributed by atoms with van der Waals surface area (Å²) in [5.74, 6) is 0.0409. The van der Waals surface area contributed by atoms with Crippen LogP contribution in [-0.4, -0.2) is 30.4 Å². The molecule has 0 radical (unpaired) electrons. The van der Waals surface area contributed by atoms with Gasteiger partial charge in [0.1, 0.15) is 0 Å². The molecule has 0 unspecified atom stereocenters. The molecule has 0 saturated carbocycles. The number of carbonyl (C=O) groups is 1. The fourth-order valence-electron chi connectivity index (χ4n) is 2.17. The molecule has 96 valence electrons. The zero-order valence-corrected chi connectivity index (χ0v) is 11.4. The Balaban J connectivity index is 2.16. The van der Waals surface area contributed by atoms with Gasteiger partial charge in [-0.1, -0.05) is 11.6 Å². The predicted octanol–water partition coefficient (Wildman–Crippen LogP) is 2.91. The van der Waals surface area contributed by atoms with E-state index in [0.29, 0.717) is 11.6 Å². The first-order chi connectivity index (χ1) is 8.65. The number of rotatable bonds is 4. The number of benzene rings is 1. The highest BCUT2D eigenvalue weighted by atomic mass is 35.5. The van der Waals surface area contributed by atoms with Crippen LogP contribution in [0.25, 0.3) is 0 Å². The monoisotopic (exact) mass is 264 g/mol. The first-order valence-electron chi connectivity index (χ1n) is 6.18. The van der Waals surface area contributed by atoms with Crippen molar-refractivity contribution < 1.29 is 4.79 Å².